The topological polar surface area (TPSA) is 91.8 Å². The standard InChI is InChI=1S/C12H21NO5S/c1-9(2)8-19(17,18)6-4-11(14)13-5-3-10(7-13)12(15)16/h9-10H,3-8H2,1-2H3,(H,15,16). The Kier molecular flexibility index (Phi) is 5.34. The number of rotatable bonds is 6. The van der Waals surface area contributed by atoms with Crippen LogP contribution in [0.4, 0.5) is 0 Å². The first-order valence-corrected chi connectivity index (χ1v) is 8.24. The number of hydrogen-bond acceptors (Lipinski definition) is 4. The van der Waals surface area contributed by atoms with Gasteiger partial charge in [-0.1, -0.05) is 13.8 Å². The van der Waals surface area contributed by atoms with Gasteiger partial charge in [0.15, 0.2) is 9.84 Å². The molecule has 0 bridgehead atoms. The van der Waals surface area contributed by atoms with Crippen molar-refractivity contribution in [1.29, 1.82) is 0 Å². The van der Waals surface area contributed by atoms with E-state index >= 15 is 0 Å². The SMILES string of the molecule is CC(C)CS(=O)(=O)CCC(=O)N1CCC(C(=O)O)C1. The van der Waals surface area contributed by atoms with E-state index in [0.717, 1.165) is 0 Å². The van der Waals surface area contributed by atoms with Gasteiger partial charge >= 0.3 is 5.97 Å². The van der Waals surface area contributed by atoms with Gasteiger partial charge in [0.25, 0.3) is 0 Å². The maximum atomic E-state index is 11.8. The molecule has 0 aromatic rings. The molecule has 1 aliphatic rings. The molecule has 0 aromatic carbocycles. The van der Waals surface area contributed by atoms with E-state index in [4.69, 9.17) is 5.11 Å². The van der Waals surface area contributed by atoms with Crippen molar-refractivity contribution in [2.75, 3.05) is 24.6 Å². The van der Waals surface area contributed by atoms with Crippen molar-refractivity contribution in [3.8, 4) is 0 Å². The molecule has 0 saturated carbocycles. The van der Waals surface area contributed by atoms with Crippen LogP contribution in [-0.4, -0.2) is 54.9 Å². The molecular weight excluding hydrogens is 270 g/mol. The van der Waals surface area contributed by atoms with E-state index in [1.807, 2.05) is 13.8 Å². The lowest BCUT2D eigenvalue weighted by Gasteiger charge is -2.16. The van der Waals surface area contributed by atoms with Crippen LogP contribution in [0.1, 0.15) is 26.7 Å². The third kappa shape index (κ3) is 5.18. The molecule has 0 aromatic heterocycles. The highest BCUT2D eigenvalue weighted by Crippen LogP contribution is 2.17. The van der Waals surface area contributed by atoms with Crippen LogP contribution in [0.5, 0.6) is 0 Å². The fourth-order valence-electron chi connectivity index (χ4n) is 2.18. The number of carbonyl (C=O) groups is 2. The van der Waals surface area contributed by atoms with Crippen LogP contribution in [0.2, 0.25) is 0 Å². The Labute approximate surface area is 113 Å². The Hall–Kier alpha value is -1.11. The molecule has 1 heterocycles. The van der Waals surface area contributed by atoms with E-state index in [0.29, 0.717) is 13.0 Å². The molecule has 19 heavy (non-hydrogen) atoms. The predicted octanol–water partition coefficient (Wildman–Crippen LogP) is 0.380. The first kappa shape index (κ1) is 15.9. The van der Waals surface area contributed by atoms with Crippen molar-refractivity contribution in [3.05, 3.63) is 0 Å². The molecule has 1 aliphatic heterocycles. The number of amides is 1. The summed E-state index contributed by atoms with van der Waals surface area (Å²) in [4.78, 5) is 24.0. The first-order chi connectivity index (χ1) is 8.71. The summed E-state index contributed by atoms with van der Waals surface area (Å²) in [5.41, 5.74) is 0. The van der Waals surface area contributed by atoms with Crippen LogP contribution in [0.3, 0.4) is 0 Å². The summed E-state index contributed by atoms with van der Waals surface area (Å²) in [5.74, 6) is -1.71. The zero-order valence-corrected chi connectivity index (χ0v) is 12.1. The number of likely N-dealkylation sites (tertiary alicyclic amines) is 1. The average molecular weight is 291 g/mol. The summed E-state index contributed by atoms with van der Waals surface area (Å²) in [6.45, 7) is 4.23. The van der Waals surface area contributed by atoms with E-state index < -0.39 is 21.7 Å². The second-order valence-electron chi connectivity index (χ2n) is 5.42. The fraction of sp³-hybridized carbons (Fsp3) is 0.833. The Balaban J connectivity index is 2.43. The molecule has 0 radical (unpaired) electrons. The third-order valence-corrected chi connectivity index (χ3v) is 5.11. The quantitative estimate of drug-likeness (QED) is 0.764. The Bertz CT molecular complexity index is 443. The predicted molar refractivity (Wildman–Crippen MR) is 70.4 cm³/mol. The zero-order chi connectivity index (χ0) is 14.6. The Morgan fingerprint density at radius 3 is 2.47 bits per heavy atom. The number of sulfone groups is 1. The van der Waals surface area contributed by atoms with Crippen LogP contribution < -0.4 is 0 Å². The van der Waals surface area contributed by atoms with Gasteiger partial charge in [-0.25, -0.2) is 8.42 Å². The minimum absolute atomic E-state index is 0.0447. The minimum atomic E-state index is -3.20. The number of nitrogens with zero attached hydrogens (tertiary/aromatic N) is 1. The van der Waals surface area contributed by atoms with Gasteiger partial charge in [-0.3, -0.25) is 9.59 Å². The van der Waals surface area contributed by atoms with Gasteiger partial charge in [-0.2, -0.15) is 0 Å². The number of hydrogen-bond donors (Lipinski definition) is 1. The number of carboxylic acid groups (broad SMARTS) is 1. The van der Waals surface area contributed by atoms with Crippen molar-refractivity contribution in [2.24, 2.45) is 11.8 Å². The molecule has 1 unspecified atom stereocenters. The lowest BCUT2D eigenvalue weighted by Crippen LogP contribution is -2.31. The van der Waals surface area contributed by atoms with E-state index in [9.17, 15) is 18.0 Å². The number of aliphatic carboxylic acids is 1. The molecule has 1 atom stereocenters. The summed E-state index contributed by atoms with van der Waals surface area (Å²) in [6.07, 6.45) is 0.390. The molecule has 7 heteroatoms. The summed E-state index contributed by atoms with van der Waals surface area (Å²) < 4.78 is 23.3. The maximum absolute atomic E-state index is 11.8. The highest BCUT2D eigenvalue weighted by Gasteiger charge is 2.31. The first-order valence-electron chi connectivity index (χ1n) is 6.42. The van der Waals surface area contributed by atoms with Gasteiger partial charge in [0, 0.05) is 19.5 Å². The van der Waals surface area contributed by atoms with Crippen LogP contribution in [0.15, 0.2) is 0 Å². The summed E-state index contributed by atoms with van der Waals surface area (Å²) in [5, 5.41) is 8.84. The molecule has 1 saturated heterocycles. The van der Waals surface area contributed by atoms with Gasteiger partial charge in [0.05, 0.1) is 17.4 Å². The highest BCUT2D eigenvalue weighted by molar-refractivity contribution is 7.91. The number of carboxylic acids is 1. The highest BCUT2D eigenvalue weighted by atomic mass is 32.2. The van der Waals surface area contributed by atoms with E-state index in [1.165, 1.54) is 4.90 Å². The summed E-state index contributed by atoms with van der Waals surface area (Å²) in [7, 11) is -3.20. The van der Waals surface area contributed by atoms with Crippen molar-refractivity contribution in [3.63, 3.8) is 0 Å². The van der Waals surface area contributed by atoms with Crippen LogP contribution in [0.25, 0.3) is 0 Å². The third-order valence-electron chi connectivity index (χ3n) is 3.10. The smallest absolute Gasteiger partial charge is 0.308 e. The van der Waals surface area contributed by atoms with Crippen molar-refractivity contribution >= 4 is 21.7 Å². The van der Waals surface area contributed by atoms with Crippen molar-refractivity contribution in [2.45, 2.75) is 26.7 Å². The van der Waals surface area contributed by atoms with Gasteiger partial charge < -0.3 is 10.0 Å². The number of carbonyl (C=O) groups excluding carboxylic acids is 1. The van der Waals surface area contributed by atoms with Crippen molar-refractivity contribution < 1.29 is 23.1 Å². The summed E-state index contributed by atoms with van der Waals surface area (Å²) >= 11 is 0. The van der Waals surface area contributed by atoms with Crippen LogP contribution in [0, 0.1) is 11.8 Å². The lowest BCUT2D eigenvalue weighted by atomic mass is 10.1. The molecule has 110 valence electrons. The molecule has 1 fully saturated rings. The maximum Gasteiger partial charge on any atom is 0.308 e. The molecule has 0 spiro atoms. The normalized spacial score (nSPS) is 19.9. The molecule has 1 N–H and O–H groups in total. The molecule has 0 aliphatic carbocycles. The fourth-order valence-corrected chi connectivity index (χ4v) is 3.85. The summed E-state index contributed by atoms with van der Waals surface area (Å²) in [6, 6.07) is 0. The molecular formula is C12H21NO5S. The Morgan fingerprint density at radius 1 is 1.37 bits per heavy atom. The second-order valence-corrected chi connectivity index (χ2v) is 7.65. The van der Waals surface area contributed by atoms with Gasteiger partial charge in [0.2, 0.25) is 5.91 Å². The monoisotopic (exact) mass is 291 g/mol. The van der Waals surface area contributed by atoms with Crippen LogP contribution >= 0.6 is 0 Å². The van der Waals surface area contributed by atoms with Gasteiger partial charge in [-0.15, -0.1) is 0 Å². The van der Waals surface area contributed by atoms with Crippen molar-refractivity contribution in [1.82, 2.24) is 4.90 Å². The molecule has 6 nitrogen and oxygen atoms in total. The molecule has 1 rings (SSSR count). The molecule has 1 amide bonds. The average Bonchev–Trinajstić information content (AvgIpc) is 2.73. The van der Waals surface area contributed by atoms with E-state index in [1.54, 1.807) is 0 Å². The Morgan fingerprint density at radius 2 is 2.00 bits per heavy atom. The second kappa shape index (κ2) is 6.36. The van der Waals surface area contributed by atoms with Gasteiger partial charge in [-0.05, 0) is 12.3 Å². The van der Waals surface area contributed by atoms with E-state index in [2.05, 4.69) is 0 Å². The minimum Gasteiger partial charge on any atom is -0.481 e. The van der Waals surface area contributed by atoms with Crippen LogP contribution in [-0.2, 0) is 19.4 Å². The zero-order valence-electron chi connectivity index (χ0n) is 11.3. The largest absolute Gasteiger partial charge is 0.481 e. The van der Waals surface area contributed by atoms with E-state index in [-0.39, 0.29) is 36.3 Å². The van der Waals surface area contributed by atoms with Gasteiger partial charge in [0.1, 0.15) is 0 Å². The lowest BCUT2D eigenvalue weighted by molar-refractivity contribution is -0.141.